The number of phenols is 2. The van der Waals surface area contributed by atoms with Crippen LogP contribution in [0.5, 0.6) is 17.2 Å². The molecule has 0 spiro atoms. The first kappa shape index (κ1) is 19.0. The summed E-state index contributed by atoms with van der Waals surface area (Å²) in [6, 6.07) is 11.5. The molecule has 3 aromatic rings. The quantitative estimate of drug-likeness (QED) is 0.387. The van der Waals surface area contributed by atoms with Gasteiger partial charge in [-0.1, -0.05) is 0 Å². The highest BCUT2D eigenvalue weighted by Crippen LogP contribution is 2.25. The van der Waals surface area contributed by atoms with Gasteiger partial charge < -0.3 is 14.9 Å². The van der Waals surface area contributed by atoms with Gasteiger partial charge in [0, 0.05) is 22.8 Å². The Bertz CT molecular complexity index is 1010. The molecule has 0 saturated carbocycles. The Morgan fingerprint density at radius 3 is 2.68 bits per heavy atom. The lowest BCUT2D eigenvalue weighted by atomic mass is 10.1. The summed E-state index contributed by atoms with van der Waals surface area (Å²) in [5, 5.41) is 29.8. The van der Waals surface area contributed by atoms with Crippen molar-refractivity contribution >= 4 is 12.1 Å². The fourth-order valence-corrected chi connectivity index (χ4v) is 2.63. The maximum Gasteiger partial charge on any atom is 0.289 e. The fraction of sp³-hybridized carbons (Fsp3) is 0.150. The van der Waals surface area contributed by atoms with E-state index in [1.165, 1.54) is 24.4 Å². The molecule has 2 aromatic carbocycles. The summed E-state index contributed by atoms with van der Waals surface area (Å²) < 4.78 is 5.43. The summed E-state index contributed by atoms with van der Waals surface area (Å²) in [5.41, 5.74) is 5.23. The second kappa shape index (κ2) is 8.26. The van der Waals surface area contributed by atoms with Crippen molar-refractivity contribution in [1.29, 1.82) is 0 Å². The predicted molar refractivity (Wildman–Crippen MR) is 105 cm³/mol. The van der Waals surface area contributed by atoms with Gasteiger partial charge in [0.15, 0.2) is 0 Å². The van der Waals surface area contributed by atoms with Crippen LogP contribution in [0.2, 0.25) is 0 Å². The number of rotatable bonds is 6. The number of aromatic hydroxyl groups is 2. The van der Waals surface area contributed by atoms with Gasteiger partial charge in [0.25, 0.3) is 5.91 Å². The van der Waals surface area contributed by atoms with E-state index >= 15 is 0 Å². The SMILES string of the molecule is CCOc1ccc(-c2n[nH]c(C(=O)N/N=C/c3ccc(O)cc3O)c2C)cc1. The van der Waals surface area contributed by atoms with Crippen LogP contribution in [0.1, 0.15) is 28.5 Å². The number of aromatic nitrogens is 2. The monoisotopic (exact) mass is 380 g/mol. The molecule has 1 aromatic heterocycles. The minimum atomic E-state index is -0.461. The number of nitrogens with one attached hydrogen (secondary N) is 2. The highest BCUT2D eigenvalue weighted by molar-refractivity contribution is 5.96. The van der Waals surface area contributed by atoms with Crippen LogP contribution < -0.4 is 10.2 Å². The normalized spacial score (nSPS) is 10.9. The molecule has 0 aliphatic rings. The summed E-state index contributed by atoms with van der Waals surface area (Å²) in [5.74, 6) is 0.100. The third kappa shape index (κ3) is 4.12. The number of amides is 1. The number of phenolic OH excluding ortho intramolecular Hbond substituents is 2. The molecule has 144 valence electrons. The van der Waals surface area contributed by atoms with Gasteiger partial charge in [0.1, 0.15) is 22.9 Å². The second-order valence-corrected chi connectivity index (χ2v) is 5.97. The lowest BCUT2D eigenvalue weighted by molar-refractivity contribution is 0.0949. The molecule has 0 saturated heterocycles. The van der Waals surface area contributed by atoms with E-state index in [4.69, 9.17) is 4.74 Å². The number of H-pyrrole nitrogens is 1. The zero-order valence-electron chi connectivity index (χ0n) is 15.4. The van der Waals surface area contributed by atoms with Crippen molar-refractivity contribution in [2.75, 3.05) is 6.61 Å². The summed E-state index contributed by atoms with van der Waals surface area (Å²) in [6.07, 6.45) is 1.28. The molecular formula is C20H20N4O4. The first-order chi connectivity index (χ1) is 13.5. The van der Waals surface area contributed by atoms with Gasteiger partial charge in [-0.3, -0.25) is 9.89 Å². The fourth-order valence-electron chi connectivity index (χ4n) is 2.63. The van der Waals surface area contributed by atoms with Crippen LogP contribution in [0.15, 0.2) is 47.6 Å². The molecule has 3 rings (SSSR count). The Hall–Kier alpha value is -3.81. The van der Waals surface area contributed by atoms with Gasteiger partial charge in [0.2, 0.25) is 0 Å². The highest BCUT2D eigenvalue weighted by Gasteiger charge is 2.16. The summed E-state index contributed by atoms with van der Waals surface area (Å²) >= 11 is 0. The Morgan fingerprint density at radius 2 is 2.00 bits per heavy atom. The van der Waals surface area contributed by atoms with Crippen molar-refractivity contribution in [3.8, 4) is 28.5 Å². The number of aromatic amines is 1. The molecule has 4 N–H and O–H groups in total. The third-order valence-electron chi connectivity index (χ3n) is 4.06. The van der Waals surface area contributed by atoms with E-state index in [-0.39, 0.29) is 17.2 Å². The Balaban J connectivity index is 1.72. The summed E-state index contributed by atoms with van der Waals surface area (Å²) in [7, 11) is 0. The van der Waals surface area contributed by atoms with Gasteiger partial charge in [-0.2, -0.15) is 10.2 Å². The van der Waals surface area contributed by atoms with Crippen molar-refractivity contribution in [2.45, 2.75) is 13.8 Å². The smallest absolute Gasteiger partial charge is 0.289 e. The molecule has 8 heteroatoms. The Labute approximate surface area is 161 Å². The number of hydrogen-bond acceptors (Lipinski definition) is 6. The van der Waals surface area contributed by atoms with Gasteiger partial charge in [-0.15, -0.1) is 0 Å². The highest BCUT2D eigenvalue weighted by atomic mass is 16.5. The largest absolute Gasteiger partial charge is 0.508 e. The maximum absolute atomic E-state index is 12.4. The van der Waals surface area contributed by atoms with Crippen molar-refractivity contribution < 1.29 is 19.7 Å². The molecule has 0 radical (unpaired) electrons. The number of carbonyl (C=O) groups excluding carboxylic acids is 1. The summed E-state index contributed by atoms with van der Waals surface area (Å²) in [6.45, 7) is 4.30. The third-order valence-corrected chi connectivity index (χ3v) is 4.06. The standard InChI is InChI=1S/C20H20N4O4/c1-3-28-16-8-5-13(6-9-16)18-12(2)19(23-22-18)20(27)24-21-11-14-4-7-15(25)10-17(14)26/h4-11,25-26H,3H2,1-2H3,(H,22,23)(H,24,27)/b21-11+. The van der Waals surface area contributed by atoms with Gasteiger partial charge in [-0.25, -0.2) is 5.43 Å². The van der Waals surface area contributed by atoms with E-state index in [2.05, 4.69) is 20.7 Å². The molecule has 0 atom stereocenters. The average molecular weight is 380 g/mol. The van der Waals surface area contributed by atoms with Crippen LogP contribution in [0.4, 0.5) is 0 Å². The summed E-state index contributed by atoms with van der Waals surface area (Å²) in [4.78, 5) is 12.4. The maximum atomic E-state index is 12.4. The van der Waals surface area contributed by atoms with Gasteiger partial charge in [-0.05, 0) is 50.2 Å². The van der Waals surface area contributed by atoms with Crippen molar-refractivity contribution in [2.24, 2.45) is 5.10 Å². The lowest BCUT2D eigenvalue weighted by Gasteiger charge is -2.04. The van der Waals surface area contributed by atoms with Crippen molar-refractivity contribution in [3.63, 3.8) is 0 Å². The Morgan fingerprint density at radius 1 is 1.25 bits per heavy atom. The van der Waals surface area contributed by atoms with Crippen LogP contribution in [-0.2, 0) is 0 Å². The van der Waals surface area contributed by atoms with E-state index < -0.39 is 5.91 Å². The van der Waals surface area contributed by atoms with E-state index in [0.29, 0.717) is 23.4 Å². The van der Waals surface area contributed by atoms with E-state index in [1.807, 2.05) is 31.2 Å². The first-order valence-corrected chi connectivity index (χ1v) is 8.63. The second-order valence-electron chi connectivity index (χ2n) is 5.97. The predicted octanol–water partition coefficient (Wildman–Crippen LogP) is 2.96. The van der Waals surface area contributed by atoms with Gasteiger partial charge >= 0.3 is 0 Å². The molecule has 0 unspecified atom stereocenters. The van der Waals surface area contributed by atoms with Crippen LogP contribution in [-0.4, -0.2) is 39.1 Å². The molecule has 0 aliphatic heterocycles. The van der Waals surface area contributed by atoms with Gasteiger partial charge in [0.05, 0.1) is 18.5 Å². The lowest BCUT2D eigenvalue weighted by Crippen LogP contribution is -2.19. The molecule has 0 fully saturated rings. The molecule has 1 heterocycles. The van der Waals surface area contributed by atoms with Crippen LogP contribution in [0, 0.1) is 6.92 Å². The molecule has 8 nitrogen and oxygen atoms in total. The van der Waals surface area contributed by atoms with Crippen molar-refractivity contribution in [3.05, 3.63) is 59.3 Å². The minimum Gasteiger partial charge on any atom is -0.508 e. The van der Waals surface area contributed by atoms with Crippen LogP contribution in [0.25, 0.3) is 11.3 Å². The number of benzene rings is 2. The first-order valence-electron chi connectivity index (χ1n) is 8.63. The van der Waals surface area contributed by atoms with E-state index in [9.17, 15) is 15.0 Å². The molecule has 0 aliphatic carbocycles. The van der Waals surface area contributed by atoms with E-state index in [1.54, 1.807) is 6.92 Å². The molecule has 1 amide bonds. The van der Waals surface area contributed by atoms with Crippen molar-refractivity contribution in [1.82, 2.24) is 15.6 Å². The van der Waals surface area contributed by atoms with E-state index in [0.717, 1.165) is 11.3 Å². The number of hydrogen-bond donors (Lipinski definition) is 4. The zero-order chi connectivity index (χ0) is 20.1. The number of ether oxygens (including phenoxy) is 1. The average Bonchev–Trinajstić information content (AvgIpc) is 3.06. The minimum absolute atomic E-state index is 0.0615. The van der Waals surface area contributed by atoms with Crippen LogP contribution in [0.3, 0.4) is 0 Å². The number of hydrazone groups is 1. The Kier molecular flexibility index (Phi) is 5.59. The molecule has 28 heavy (non-hydrogen) atoms. The topological polar surface area (TPSA) is 120 Å². The zero-order valence-corrected chi connectivity index (χ0v) is 15.4. The number of nitrogens with zero attached hydrogens (tertiary/aromatic N) is 2. The molecular weight excluding hydrogens is 360 g/mol. The van der Waals surface area contributed by atoms with Crippen LogP contribution >= 0.6 is 0 Å². The number of carbonyl (C=O) groups is 1. The molecule has 0 bridgehead atoms.